The first kappa shape index (κ1) is 13.7. The Morgan fingerprint density at radius 3 is 2.59 bits per heavy atom. The maximum atomic E-state index is 9.92. The fraction of sp³-hybridized carbons (Fsp3) is 0.333. The molecule has 0 amide bonds. The van der Waals surface area contributed by atoms with Crippen LogP contribution >= 0.6 is 0 Å². The van der Waals surface area contributed by atoms with Gasteiger partial charge in [0.25, 0.3) is 0 Å². The molecule has 2 atom stereocenters. The first-order valence-electron chi connectivity index (χ1n) is 5.78. The molecule has 0 aliphatic carbocycles. The zero-order chi connectivity index (χ0) is 12.7. The lowest BCUT2D eigenvalue weighted by Crippen LogP contribution is -2.28. The highest BCUT2D eigenvalue weighted by Crippen LogP contribution is 2.18. The molecule has 2 heteroatoms. The summed E-state index contributed by atoms with van der Waals surface area (Å²) in [4.78, 5) is 0. The minimum atomic E-state index is -0.901. The van der Waals surface area contributed by atoms with Crippen molar-refractivity contribution in [1.82, 2.24) is 0 Å². The van der Waals surface area contributed by atoms with Gasteiger partial charge in [-0.3, -0.25) is 0 Å². The van der Waals surface area contributed by atoms with Crippen LogP contribution in [0.3, 0.4) is 0 Å². The van der Waals surface area contributed by atoms with Gasteiger partial charge in [0, 0.05) is 6.42 Å². The van der Waals surface area contributed by atoms with E-state index in [0.717, 1.165) is 5.56 Å². The Labute approximate surface area is 103 Å². The maximum Gasteiger partial charge on any atom is 0.0751 e. The third-order valence-electron chi connectivity index (χ3n) is 2.54. The highest BCUT2D eigenvalue weighted by atomic mass is 16.3. The van der Waals surface area contributed by atoms with Crippen LogP contribution in [0.2, 0.25) is 0 Å². The molecule has 2 nitrogen and oxygen atoms in total. The van der Waals surface area contributed by atoms with Crippen molar-refractivity contribution in [3.8, 4) is 0 Å². The second-order valence-electron chi connectivity index (χ2n) is 4.53. The van der Waals surface area contributed by atoms with Gasteiger partial charge < -0.3 is 10.2 Å². The summed E-state index contributed by atoms with van der Waals surface area (Å²) in [5.74, 6) is 0. The highest BCUT2D eigenvalue weighted by molar-refractivity contribution is 5.49. The van der Waals surface area contributed by atoms with Crippen molar-refractivity contribution in [3.63, 3.8) is 0 Å². The molecule has 0 spiro atoms. The standard InChI is InChI=1S/C15H20O2/c1-3-11-15(2,17)12-14(16)10-9-13-7-5-4-6-8-13/h3-10,14,16-17H,1,11-12H2,2H3/b10-9+/t14-,15?/m0/s1. The summed E-state index contributed by atoms with van der Waals surface area (Å²) in [6.45, 7) is 5.29. The van der Waals surface area contributed by atoms with Crippen LogP contribution in [0.4, 0.5) is 0 Å². The third kappa shape index (κ3) is 5.48. The van der Waals surface area contributed by atoms with E-state index in [1.165, 1.54) is 0 Å². The summed E-state index contributed by atoms with van der Waals surface area (Å²) < 4.78 is 0. The van der Waals surface area contributed by atoms with Gasteiger partial charge in [-0.2, -0.15) is 0 Å². The monoisotopic (exact) mass is 232 g/mol. The first-order valence-corrected chi connectivity index (χ1v) is 5.78. The molecule has 0 aliphatic rings. The first-order chi connectivity index (χ1) is 8.03. The van der Waals surface area contributed by atoms with E-state index in [2.05, 4.69) is 6.58 Å². The van der Waals surface area contributed by atoms with E-state index < -0.39 is 11.7 Å². The van der Waals surface area contributed by atoms with Crippen LogP contribution < -0.4 is 0 Å². The van der Waals surface area contributed by atoms with Crippen molar-refractivity contribution in [2.24, 2.45) is 0 Å². The largest absolute Gasteiger partial charge is 0.390 e. The zero-order valence-corrected chi connectivity index (χ0v) is 10.2. The number of aliphatic hydroxyl groups excluding tert-OH is 1. The number of aliphatic hydroxyl groups is 2. The predicted octanol–water partition coefficient (Wildman–Crippen LogP) is 2.78. The van der Waals surface area contributed by atoms with Gasteiger partial charge in [0.1, 0.15) is 0 Å². The van der Waals surface area contributed by atoms with Crippen molar-refractivity contribution in [3.05, 3.63) is 54.6 Å². The molecule has 0 aliphatic heterocycles. The molecule has 0 aromatic heterocycles. The Balaban J connectivity index is 2.52. The summed E-state index contributed by atoms with van der Waals surface area (Å²) >= 11 is 0. The normalized spacial score (nSPS) is 16.6. The third-order valence-corrected chi connectivity index (χ3v) is 2.54. The van der Waals surface area contributed by atoms with E-state index in [1.54, 1.807) is 19.1 Å². The predicted molar refractivity (Wildman–Crippen MR) is 71.5 cm³/mol. The number of rotatable bonds is 6. The second kappa shape index (κ2) is 6.38. The molecule has 0 radical (unpaired) electrons. The van der Waals surface area contributed by atoms with Crippen LogP contribution in [0.15, 0.2) is 49.1 Å². The summed E-state index contributed by atoms with van der Waals surface area (Å²) in [6, 6.07) is 9.76. The molecule has 0 saturated carbocycles. The molecule has 92 valence electrons. The summed E-state index contributed by atoms with van der Waals surface area (Å²) in [7, 11) is 0. The highest BCUT2D eigenvalue weighted by Gasteiger charge is 2.21. The Morgan fingerprint density at radius 1 is 1.35 bits per heavy atom. The number of hydrogen-bond acceptors (Lipinski definition) is 2. The van der Waals surface area contributed by atoms with Gasteiger partial charge in [-0.25, -0.2) is 0 Å². The smallest absolute Gasteiger partial charge is 0.0751 e. The Morgan fingerprint density at radius 2 is 2.00 bits per heavy atom. The lowest BCUT2D eigenvalue weighted by molar-refractivity contribution is 0.0197. The van der Waals surface area contributed by atoms with Gasteiger partial charge in [0.2, 0.25) is 0 Å². The average Bonchev–Trinajstić information content (AvgIpc) is 2.27. The number of hydrogen-bond donors (Lipinski definition) is 2. The average molecular weight is 232 g/mol. The molecular formula is C15H20O2. The molecule has 0 fully saturated rings. The zero-order valence-electron chi connectivity index (χ0n) is 10.2. The van der Waals surface area contributed by atoms with Crippen LogP contribution in [-0.4, -0.2) is 21.9 Å². The minimum Gasteiger partial charge on any atom is -0.390 e. The summed E-state index contributed by atoms with van der Waals surface area (Å²) in [5, 5.41) is 19.7. The van der Waals surface area contributed by atoms with E-state index in [9.17, 15) is 10.2 Å². The molecule has 2 N–H and O–H groups in total. The number of benzene rings is 1. The van der Waals surface area contributed by atoms with Crippen LogP contribution in [0.25, 0.3) is 6.08 Å². The van der Waals surface area contributed by atoms with E-state index in [-0.39, 0.29) is 0 Å². The molecule has 0 bridgehead atoms. The van der Waals surface area contributed by atoms with E-state index >= 15 is 0 Å². The quantitative estimate of drug-likeness (QED) is 0.740. The molecule has 1 rings (SSSR count). The van der Waals surface area contributed by atoms with Gasteiger partial charge in [0.05, 0.1) is 11.7 Å². The lowest BCUT2D eigenvalue weighted by Gasteiger charge is -2.23. The Hall–Kier alpha value is -1.38. The Kier molecular flexibility index (Phi) is 5.13. The summed E-state index contributed by atoms with van der Waals surface area (Å²) in [5.41, 5.74) is 0.136. The van der Waals surface area contributed by atoms with Gasteiger partial charge in [-0.1, -0.05) is 48.6 Å². The van der Waals surface area contributed by atoms with Gasteiger partial charge in [0.15, 0.2) is 0 Å². The van der Waals surface area contributed by atoms with Crippen LogP contribution in [0.5, 0.6) is 0 Å². The van der Waals surface area contributed by atoms with Gasteiger partial charge in [-0.05, 0) is 18.9 Å². The minimum absolute atomic E-state index is 0.308. The molecule has 0 saturated heterocycles. The van der Waals surface area contributed by atoms with Gasteiger partial charge >= 0.3 is 0 Å². The second-order valence-corrected chi connectivity index (χ2v) is 4.53. The van der Waals surface area contributed by atoms with Crippen molar-refractivity contribution in [1.29, 1.82) is 0 Å². The van der Waals surface area contributed by atoms with E-state index in [0.29, 0.717) is 12.8 Å². The van der Waals surface area contributed by atoms with Crippen LogP contribution in [0, 0.1) is 0 Å². The molecule has 1 aromatic rings. The Bertz CT molecular complexity index is 366. The lowest BCUT2D eigenvalue weighted by atomic mass is 9.94. The summed E-state index contributed by atoms with van der Waals surface area (Å²) in [6.07, 6.45) is 5.35. The van der Waals surface area contributed by atoms with Crippen molar-refractivity contribution < 1.29 is 10.2 Å². The molecular weight excluding hydrogens is 212 g/mol. The molecule has 1 aromatic carbocycles. The van der Waals surface area contributed by atoms with Crippen molar-refractivity contribution in [2.75, 3.05) is 0 Å². The molecule has 1 unspecified atom stereocenters. The fourth-order valence-electron chi connectivity index (χ4n) is 1.70. The van der Waals surface area contributed by atoms with Gasteiger partial charge in [-0.15, -0.1) is 6.58 Å². The van der Waals surface area contributed by atoms with Crippen molar-refractivity contribution >= 4 is 6.08 Å². The topological polar surface area (TPSA) is 40.5 Å². The van der Waals surface area contributed by atoms with E-state index in [1.807, 2.05) is 36.4 Å². The fourth-order valence-corrected chi connectivity index (χ4v) is 1.70. The van der Waals surface area contributed by atoms with Crippen molar-refractivity contribution in [2.45, 2.75) is 31.5 Å². The van der Waals surface area contributed by atoms with Crippen LogP contribution in [-0.2, 0) is 0 Å². The van der Waals surface area contributed by atoms with E-state index in [4.69, 9.17) is 0 Å². The molecule has 0 heterocycles. The molecule has 17 heavy (non-hydrogen) atoms. The SMILES string of the molecule is C=CCC(C)(O)C[C@@H](O)/C=C/c1ccccc1. The maximum absolute atomic E-state index is 9.92. The van der Waals surface area contributed by atoms with Crippen LogP contribution in [0.1, 0.15) is 25.3 Å².